The Bertz CT molecular complexity index is 1010. The molecule has 0 radical (unpaired) electrons. The minimum Gasteiger partial charge on any atom is -0.493 e. The Morgan fingerprint density at radius 1 is 1.21 bits per heavy atom. The predicted octanol–water partition coefficient (Wildman–Crippen LogP) is 3.70. The maximum Gasteiger partial charge on any atom is 0.322 e. The van der Waals surface area contributed by atoms with Gasteiger partial charge in [0, 0.05) is 18.2 Å². The van der Waals surface area contributed by atoms with Gasteiger partial charge in [0.1, 0.15) is 5.75 Å². The smallest absolute Gasteiger partial charge is 0.322 e. The summed E-state index contributed by atoms with van der Waals surface area (Å²) in [5, 5.41) is 20.8. The van der Waals surface area contributed by atoms with E-state index < -0.39 is 10.8 Å². The number of hydrogen-bond donors (Lipinski definition) is 1. The van der Waals surface area contributed by atoms with Crippen LogP contribution in [0.25, 0.3) is 17.5 Å². The Morgan fingerprint density at radius 2 is 1.96 bits per heavy atom. The molecule has 9 heteroatoms. The van der Waals surface area contributed by atoms with E-state index in [4.69, 9.17) is 9.15 Å². The standard InChI is InChI=1S/C19H16N4O5/c1-2-27-16-6-4-3-5-15(16)18-21-22-19(28-18)20-17(24)12-9-13-7-10-14(11-8-13)23(25)26/h3-12H,2H2,1H3,(H,20,22,24)/b12-9+. The van der Waals surface area contributed by atoms with Gasteiger partial charge in [0.15, 0.2) is 0 Å². The lowest BCUT2D eigenvalue weighted by Gasteiger charge is -2.06. The van der Waals surface area contributed by atoms with Crippen molar-refractivity contribution in [3.05, 3.63) is 70.3 Å². The van der Waals surface area contributed by atoms with Gasteiger partial charge >= 0.3 is 6.01 Å². The van der Waals surface area contributed by atoms with E-state index in [1.165, 1.54) is 36.4 Å². The van der Waals surface area contributed by atoms with Crippen molar-refractivity contribution < 1.29 is 18.9 Å². The topological polar surface area (TPSA) is 120 Å². The summed E-state index contributed by atoms with van der Waals surface area (Å²) in [6, 6.07) is 12.9. The zero-order valence-corrected chi connectivity index (χ0v) is 14.9. The van der Waals surface area contributed by atoms with Crippen LogP contribution in [0.2, 0.25) is 0 Å². The molecule has 0 spiro atoms. The Kier molecular flexibility index (Phi) is 5.75. The number of aromatic nitrogens is 2. The molecule has 2 aromatic carbocycles. The molecular formula is C19H16N4O5. The van der Waals surface area contributed by atoms with Crippen molar-refractivity contribution >= 4 is 23.7 Å². The van der Waals surface area contributed by atoms with Crippen LogP contribution in [-0.2, 0) is 4.79 Å². The highest BCUT2D eigenvalue weighted by atomic mass is 16.6. The molecule has 0 unspecified atom stereocenters. The molecule has 142 valence electrons. The van der Waals surface area contributed by atoms with Gasteiger partial charge in [-0.1, -0.05) is 17.2 Å². The summed E-state index contributed by atoms with van der Waals surface area (Å²) in [4.78, 5) is 22.2. The third-order valence-corrected chi connectivity index (χ3v) is 3.60. The first-order valence-corrected chi connectivity index (χ1v) is 8.36. The molecule has 0 bridgehead atoms. The summed E-state index contributed by atoms with van der Waals surface area (Å²) in [5.74, 6) is 0.343. The Labute approximate surface area is 159 Å². The van der Waals surface area contributed by atoms with E-state index in [2.05, 4.69) is 15.5 Å². The molecule has 28 heavy (non-hydrogen) atoms. The number of nitrogens with zero attached hydrogens (tertiary/aromatic N) is 3. The van der Waals surface area contributed by atoms with Gasteiger partial charge in [0.25, 0.3) is 17.5 Å². The van der Waals surface area contributed by atoms with E-state index in [1.54, 1.807) is 12.1 Å². The van der Waals surface area contributed by atoms with Crippen LogP contribution < -0.4 is 10.1 Å². The summed E-state index contributed by atoms with van der Waals surface area (Å²) < 4.78 is 11.0. The highest BCUT2D eigenvalue weighted by Crippen LogP contribution is 2.29. The average molecular weight is 380 g/mol. The fourth-order valence-corrected chi connectivity index (χ4v) is 2.33. The molecule has 1 amide bonds. The van der Waals surface area contributed by atoms with E-state index in [0.717, 1.165) is 0 Å². The molecule has 0 saturated heterocycles. The van der Waals surface area contributed by atoms with Crippen LogP contribution in [0.15, 0.2) is 59.0 Å². The van der Waals surface area contributed by atoms with Gasteiger partial charge in [-0.05, 0) is 42.8 Å². The molecule has 3 rings (SSSR count). The largest absolute Gasteiger partial charge is 0.493 e. The monoisotopic (exact) mass is 380 g/mol. The van der Waals surface area contributed by atoms with Crippen LogP contribution in [0, 0.1) is 10.1 Å². The van der Waals surface area contributed by atoms with Crippen LogP contribution in [0.1, 0.15) is 12.5 Å². The summed E-state index contributed by atoms with van der Waals surface area (Å²) in [7, 11) is 0. The quantitative estimate of drug-likeness (QED) is 0.377. The van der Waals surface area contributed by atoms with E-state index >= 15 is 0 Å². The first-order valence-electron chi connectivity index (χ1n) is 8.36. The van der Waals surface area contributed by atoms with Crippen molar-refractivity contribution in [1.29, 1.82) is 0 Å². The molecule has 0 saturated carbocycles. The molecule has 1 N–H and O–H groups in total. The number of benzene rings is 2. The number of ether oxygens (including phenoxy) is 1. The maximum atomic E-state index is 12.0. The molecule has 9 nitrogen and oxygen atoms in total. The number of carbonyl (C=O) groups is 1. The zero-order chi connectivity index (χ0) is 19.9. The van der Waals surface area contributed by atoms with Crippen molar-refractivity contribution in [2.24, 2.45) is 0 Å². The lowest BCUT2D eigenvalue weighted by atomic mass is 10.2. The summed E-state index contributed by atoms with van der Waals surface area (Å²) in [5.41, 5.74) is 1.24. The number of amides is 1. The number of non-ortho nitro benzene ring substituents is 1. The number of para-hydroxylation sites is 1. The number of nitrogens with one attached hydrogen (secondary N) is 1. The highest BCUT2D eigenvalue weighted by Gasteiger charge is 2.14. The predicted molar refractivity (Wildman–Crippen MR) is 102 cm³/mol. The van der Waals surface area contributed by atoms with Gasteiger partial charge in [-0.15, -0.1) is 5.10 Å². The van der Waals surface area contributed by atoms with Crippen molar-refractivity contribution in [3.8, 4) is 17.2 Å². The second-order valence-corrected chi connectivity index (χ2v) is 5.51. The molecule has 0 aliphatic heterocycles. The van der Waals surface area contributed by atoms with E-state index in [-0.39, 0.29) is 17.6 Å². The fraction of sp³-hybridized carbons (Fsp3) is 0.105. The third-order valence-electron chi connectivity index (χ3n) is 3.60. The minimum absolute atomic E-state index is 0.0210. The van der Waals surface area contributed by atoms with Crippen LogP contribution in [0.5, 0.6) is 5.75 Å². The van der Waals surface area contributed by atoms with Gasteiger partial charge in [0.2, 0.25) is 0 Å². The maximum absolute atomic E-state index is 12.0. The number of nitro groups is 1. The molecule has 3 aromatic rings. The number of nitro benzene ring substituents is 1. The molecule has 0 fully saturated rings. The van der Waals surface area contributed by atoms with Gasteiger partial charge in [-0.3, -0.25) is 20.2 Å². The first kappa shape index (κ1) is 18.8. The second-order valence-electron chi connectivity index (χ2n) is 5.51. The summed E-state index contributed by atoms with van der Waals surface area (Å²) in [6.45, 7) is 2.36. The van der Waals surface area contributed by atoms with Crippen molar-refractivity contribution in [2.75, 3.05) is 11.9 Å². The average Bonchev–Trinajstić information content (AvgIpc) is 3.15. The van der Waals surface area contributed by atoms with Crippen LogP contribution in [0.4, 0.5) is 11.7 Å². The van der Waals surface area contributed by atoms with Gasteiger partial charge in [-0.25, -0.2) is 0 Å². The number of rotatable bonds is 7. The molecule has 0 aliphatic carbocycles. The molecular weight excluding hydrogens is 364 g/mol. The fourth-order valence-electron chi connectivity index (χ4n) is 2.33. The lowest BCUT2D eigenvalue weighted by molar-refractivity contribution is -0.384. The van der Waals surface area contributed by atoms with Crippen molar-refractivity contribution in [2.45, 2.75) is 6.92 Å². The normalized spacial score (nSPS) is 10.8. The van der Waals surface area contributed by atoms with Crippen LogP contribution >= 0.6 is 0 Å². The van der Waals surface area contributed by atoms with Gasteiger partial charge < -0.3 is 9.15 Å². The highest BCUT2D eigenvalue weighted by molar-refractivity contribution is 6.00. The summed E-state index contributed by atoms with van der Waals surface area (Å²) >= 11 is 0. The van der Waals surface area contributed by atoms with E-state index in [9.17, 15) is 14.9 Å². The third kappa shape index (κ3) is 4.58. The van der Waals surface area contributed by atoms with Gasteiger partial charge in [-0.2, -0.15) is 0 Å². The molecule has 1 heterocycles. The molecule has 1 aromatic heterocycles. The second kappa shape index (κ2) is 8.58. The Hall–Kier alpha value is -4.01. The summed E-state index contributed by atoms with van der Waals surface area (Å²) in [6.07, 6.45) is 2.78. The van der Waals surface area contributed by atoms with E-state index in [0.29, 0.717) is 23.5 Å². The number of anilines is 1. The van der Waals surface area contributed by atoms with Gasteiger partial charge in [0.05, 0.1) is 17.1 Å². The van der Waals surface area contributed by atoms with Crippen molar-refractivity contribution in [1.82, 2.24) is 10.2 Å². The van der Waals surface area contributed by atoms with Crippen LogP contribution in [-0.4, -0.2) is 27.6 Å². The lowest BCUT2D eigenvalue weighted by Crippen LogP contribution is -2.07. The number of hydrogen-bond acceptors (Lipinski definition) is 7. The SMILES string of the molecule is CCOc1ccccc1-c1nnc(NC(=O)/C=C/c2ccc([N+](=O)[O-])cc2)o1. The van der Waals surface area contributed by atoms with Crippen molar-refractivity contribution in [3.63, 3.8) is 0 Å². The number of carbonyl (C=O) groups excluding carboxylic acids is 1. The Balaban J connectivity index is 1.66. The molecule has 0 aliphatic rings. The molecule has 0 atom stereocenters. The Morgan fingerprint density at radius 3 is 2.68 bits per heavy atom. The van der Waals surface area contributed by atoms with E-state index in [1.807, 2.05) is 19.1 Å². The zero-order valence-electron chi connectivity index (χ0n) is 14.9. The first-order chi connectivity index (χ1) is 13.6. The minimum atomic E-state index is -0.489. The van der Waals surface area contributed by atoms with Crippen LogP contribution in [0.3, 0.4) is 0 Å².